The van der Waals surface area contributed by atoms with Crippen LogP contribution in [0.1, 0.15) is 36.5 Å². The minimum atomic E-state index is -0.325. The topological polar surface area (TPSA) is 59.2 Å². The van der Waals surface area contributed by atoms with Gasteiger partial charge in [-0.3, -0.25) is 4.79 Å². The molecule has 1 saturated heterocycles. The third-order valence-corrected chi connectivity index (χ3v) is 4.98. The van der Waals surface area contributed by atoms with E-state index in [-0.39, 0.29) is 23.7 Å². The number of carbonyl (C=O) groups excluding carboxylic acids is 1. The van der Waals surface area contributed by atoms with Gasteiger partial charge in [-0.25, -0.2) is 4.39 Å². The molecule has 0 radical (unpaired) electrons. The number of hydrogen-bond donors (Lipinski definition) is 0. The first kappa shape index (κ1) is 17.4. The lowest BCUT2D eigenvalue weighted by Crippen LogP contribution is -2.42. The van der Waals surface area contributed by atoms with Crippen LogP contribution in [0.2, 0.25) is 0 Å². The van der Waals surface area contributed by atoms with Crippen LogP contribution in [0.5, 0.6) is 0 Å². The summed E-state index contributed by atoms with van der Waals surface area (Å²) in [6.07, 6.45) is 3.19. The van der Waals surface area contributed by atoms with Crippen molar-refractivity contribution >= 4 is 5.91 Å². The van der Waals surface area contributed by atoms with Gasteiger partial charge < -0.3 is 9.42 Å². The second kappa shape index (κ2) is 7.31. The predicted octanol–water partition coefficient (Wildman–Crippen LogP) is 4.56. The molecule has 27 heavy (non-hydrogen) atoms. The van der Waals surface area contributed by atoms with Crippen molar-refractivity contribution in [3.8, 4) is 22.8 Å². The second-order valence-corrected chi connectivity index (χ2v) is 6.82. The highest BCUT2D eigenvalue weighted by Gasteiger charge is 2.27. The number of nitrogens with zero attached hydrogens (tertiary/aromatic N) is 3. The molecule has 1 aliphatic rings. The summed E-state index contributed by atoms with van der Waals surface area (Å²) in [5.41, 5.74) is 1.82. The summed E-state index contributed by atoms with van der Waals surface area (Å²) in [7, 11) is 0. The van der Waals surface area contributed by atoms with Crippen LogP contribution in [0.25, 0.3) is 22.8 Å². The summed E-state index contributed by atoms with van der Waals surface area (Å²) in [5, 5.41) is 3.99. The SMILES string of the molecule is CC1CCCCN1C(=O)c1ccccc1-c1nc(-c2ccc(F)cc2)no1. The average molecular weight is 365 g/mol. The number of hydrogen-bond acceptors (Lipinski definition) is 4. The smallest absolute Gasteiger partial charge is 0.259 e. The first-order valence-electron chi connectivity index (χ1n) is 9.13. The summed E-state index contributed by atoms with van der Waals surface area (Å²) in [6, 6.07) is 13.4. The van der Waals surface area contributed by atoms with Crippen molar-refractivity contribution in [2.24, 2.45) is 0 Å². The molecule has 2 aromatic carbocycles. The fraction of sp³-hybridized carbons (Fsp3) is 0.286. The number of piperidine rings is 1. The maximum atomic E-state index is 13.1. The van der Waals surface area contributed by atoms with Gasteiger partial charge in [-0.1, -0.05) is 17.3 Å². The van der Waals surface area contributed by atoms with E-state index < -0.39 is 0 Å². The highest BCUT2D eigenvalue weighted by molar-refractivity contribution is 6.00. The number of halogens is 1. The van der Waals surface area contributed by atoms with E-state index in [9.17, 15) is 9.18 Å². The van der Waals surface area contributed by atoms with Crippen LogP contribution in [0.15, 0.2) is 53.1 Å². The Labute approximate surface area is 156 Å². The Balaban J connectivity index is 1.67. The minimum absolute atomic E-state index is 0.0145. The molecular weight excluding hydrogens is 345 g/mol. The fourth-order valence-electron chi connectivity index (χ4n) is 3.46. The molecule has 0 N–H and O–H groups in total. The van der Waals surface area contributed by atoms with Crippen LogP contribution in [0, 0.1) is 5.82 Å². The fourth-order valence-corrected chi connectivity index (χ4v) is 3.46. The standard InChI is InChI=1S/C21H20FN3O2/c1-14-6-4-5-13-25(14)21(26)18-8-3-2-7-17(18)20-23-19(24-27-20)15-9-11-16(22)12-10-15/h2-3,7-12,14H,4-6,13H2,1H3. The quantitative estimate of drug-likeness (QED) is 0.683. The van der Waals surface area contributed by atoms with Gasteiger partial charge in [0, 0.05) is 18.2 Å². The normalized spacial score (nSPS) is 17.1. The van der Waals surface area contributed by atoms with Crippen molar-refractivity contribution in [3.05, 3.63) is 59.9 Å². The van der Waals surface area contributed by atoms with E-state index in [1.165, 1.54) is 12.1 Å². The van der Waals surface area contributed by atoms with Crippen molar-refractivity contribution in [3.63, 3.8) is 0 Å². The molecule has 5 nitrogen and oxygen atoms in total. The van der Waals surface area contributed by atoms with Crippen molar-refractivity contribution in [1.29, 1.82) is 0 Å². The summed E-state index contributed by atoms with van der Waals surface area (Å²) in [6.45, 7) is 2.85. The van der Waals surface area contributed by atoms with Crippen molar-refractivity contribution in [1.82, 2.24) is 15.0 Å². The number of aromatic nitrogens is 2. The Bertz CT molecular complexity index is 952. The van der Waals surface area contributed by atoms with Crippen LogP contribution in [0.4, 0.5) is 4.39 Å². The summed E-state index contributed by atoms with van der Waals surface area (Å²) < 4.78 is 18.5. The van der Waals surface area contributed by atoms with Crippen LogP contribution >= 0.6 is 0 Å². The lowest BCUT2D eigenvalue weighted by Gasteiger charge is -2.33. The summed E-state index contributed by atoms with van der Waals surface area (Å²) >= 11 is 0. The predicted molar refractivity (Wildman–Crippen MR) is 99.5 cm³/mol. The molecule has 1 aliphatic heterocycles. The zero-order valence-electron chi connectivity index (χ0n) is 15.1. The first-order valence-corrected chi connectivity index (χ1v) is 9.13. The molecule has 0 bridgehead atoms. The zero-order chi connectivity index (χ0) is 18.8. The van der Waals surface area contributed by atoms with Gasteiger partial charge in [-0.05, 0) is 62.6 Å². The molecule has 1 aromatic heterocycles. The lowest BCUT2D eigenvalue weighted by atomic mass is 10.00. The molecule has 1 unspecified atom stereocenters. The number of benzene rings is 2. The second-order valence-electron chi connectivity index (χ2n) is 6.82. The van der Waals surface area contributed by atoms with Gasteiger partial charge >= 0.3 is 0 Å². The van der Waals surface area contributed by atoms with Crippen LogP contribution in [-0.2, 0) is 0 Å². The molecule has 1 amide bonds. The van der Waals surface area contributed by atoms with E-state index in [0.29, 0.717) is 22.5 Å². The summed E-state index contributed by atoms with van der Waals surface area (Å²) in [4.78, 5) is 19.4. The minimum Gasteiger partial charge on any atom is -0.336 e. The lowest BCUT2D eigenvalue weighted by molar-refractivity contribution is 0.0636. The maximum Gasteiger partial charge on any atom is 0.259 e. The third kappa shape index (κ3) is 3.47. The number of amides is 1. The van der Waals surface area contributed by atoms with Crippen molar-refractivity contribution in [2.75, 3.05) is 6.54 Å². The molecule has 1 fully saturated rings. The van der Waals surface area contributed by atoms with Gasteiger partial charge in [0.1, 0.15) is 5.82 Å². The molecule has 3 aromatic rings. The Morgan fingerprint density at radius 2 is 1.93 bits per heavy atom. The Kier molecular flexibility index (Phi) is 4.71. The largest absolute Gasteiger partial charge is 0.336 e. The number of rotatable bonds is 3. The number of likely N-dealkylation sites (tertiary alicyclic amines) is 1. The van der Waals surface area contributed by atoms with Gasteiger partial charge in [0.25, 0.3) is 11.8 Å². The van der Waals surface area contributed by atoms with E-state index >= 15 is 0 Å². The first-order chi connectivity index (χ1) is 13.1. The van der Waals surface area contributed by atoms with Crippen molar-refractivity contribution < 1.29 is 13.7 Å². The van der Waals surface area contributed by atoms with Gasteiger partial charge in [-0.2, -0.15) is 4.98 Å². The number of carbonyl (C=O) groups is 1. The van der Waals surface area contributed by atoms with Crippen LogP contribution in [0.3, 0.4) is 0 Å². The molecule has 2 heterocycles. The van der Waals surface area contributed by atoms with Crippen LogP contribution < -0.4 is 0 Å². The van der Waals surface area contributed by atoms with Gasteiger partial charge in [-0.15, -0.1) is 0 Å². The van der Waals surface area contributed by atoms with E-state index in [0.717, 1.165) is 25.8 Å². The molecule has 0 saturated carbocycles. The van der Waals surface area contributed by atoms with Crippen LogP contribution in [-0.4, -0.2) is 33.5 Å². The highest BCUT2D eigenvalue weighted by Crippen LogP contribution is 2.28. The molecule has 6 heteroatoms. The Hall–Kier alpha value is -3.02. The molecule has 0 spiro atoms. The molecular formula is C21H20FN3O2. The third-order valence-electron chi connectivity index (χ3n) is 4.98. The Morgan fingerprint density at radius 3 is 2.70 bits per heavy atom. The molecule has 4 rings (SSSR count). The van der Waals surface area contributed by atoms with E-state index in [4.69, 9.17) is 4.52 Å². The van der Waals surface area contributed by atoms with Crippen molar-refractivity contribution in [2.45, 2.75) is 32.2 Å². The summed E-state index contributed by atoms with van der Waals surface area (Å²) in [5.74, 6) is 0.301. The van der Waals surface area contributed by atoms with Gasteiger partial charge in [0.2, 0.25) is 5.82 Å². The van der Waals surface area contributed by atoms with E-state index in [1.807, 2.05) is 23.1 Å². The van der Waals surface area contributed by atoms with Gasteiger partial charge in [0.15, 0.2) is 0 Å². The maximum absolute atomic E-state index is 13.1. The molecule has 138 valence electrons. The molecule has 0 aliphatic carbocycles. The Morgan fingerprint density at radius 1 is 1.15 bits per heavy atom. The monoisotopic (exact) mass is 365 g/mol. The highest BCUT2D eigenvalue weighted by atomic mass is 19.1. The van der Waals surface area contributed by atoms with E-state index in [1.54, 1.807) is 18.2 Å². The zero-order valence-corrected chi connectivity index (χ0v) is 15.1. The average Bonchev–Trinajstić information content (AvgIpc) is 3.18. The van der Waals surface area contributed by atoms with Gasteiger partial charge in [0.05, 0.1) is 11.1 Å². The molecule has 1 atom stereocenters. The van der Waals surface area contributed by atoms with E-state index in [2.05, 4.69) is 17.1 Å².